The Kier molecular flexibility index (Phi) is 7.73. The van der Waals surface area contributed by atoms with E-state index >= 15 is 0 Å². The number of aryl methyl sites for hydroxylation is 1. The zero-order valence-corrected chi connectivity index (χ0v) is 15.2. The van der Waals surface area contributed by atoms with Crippen molar-refractivity contribution < 1.29 is 4.74 Å². The lowest BCUT2D eigenvalue weighted by molar-refractivity contribution is 0.230. The highest BCUT2D eigenvalue weighted by Crippen LogP contribution is 2.11. The van der Waals surface area contributed by atoms with Crippen LogP contribution in [0.25, 0.3) is 0 Å². The number of nitrogens with zero attached hydrogens (tertiary/aromatic N) is 1. The van der Waals surface area contributed by atoms with E-state index < -0.39 is 0 Å². The standard InChI is InChI=1S/C17H21N3O.HI/c1-13-8-10-15(11-9-13)20-17(18)19-12-14(2)21-16-6-4-3-5-7-16;/h3-11,14H,12H2,1-2H3,(H3,18,19,20);1H. The Morgan fingerprint density at radius 2 is 1.77 bits per heavy atom. The number of hydrogen-bond donors (Lipinski definition) is 2. The first-order chi connectivity index (χ1) is 10.1. The molecule has 2 aromatic rings. The van der Waals surface area contributed by atoms with Crippen LogP contribution in [0.2, 0.25) is 0 Å². The van der Waals surface area contributed by atoms with Gasteiger partial charge in [0.2, 0.25) is 0 Å². The molecule has 2 rings (SSSR count). The van der Waals surface area contributed by atoms with Crippen LogP contribution in [0.5, 0.6) is 5.75 Å². The molecule has 0 aromatic heterocycles. The van der Waals surface area contributed by atoms with E-state index in [4.69, 9.17) is 10.5 Å². The fourth-order valence-corrected chi connectivity index (χ4v) is 1.82. The molecule has 0 saturated heterocycles. The fourth-order valence-electron chi connectivity index (χ4n) is 1.82. The summed E-state index contributed by atoms with van der Waals surface area (Å²) < 4.78 is 5.74. The van der Waals surface area contributed by atoms with E-state index in [2.05, 4.69) is 10.3 Å². The molecule has 0 fully saturated rings. The summed E-state index contributed by atoms with van der Waals surface area (Å²) in [6, 6.07) is 17.7. The number of halogens is 1. The first-order valence-corrected chi connectivity index (χ1v) is 6.99. The van der Waals surface area contributed by atoms with Gasteiger partial charge in [-0.2, -0.15) is 0 Å². The van der Waals surface area contributed by atoms with Gasteiger partial charge in [-0.1, -0.05) is 35.9 Å². The van der Waals surface area contributed by atoms with Crippen molar-refractivity contribution >= 4 is 35.6 Å². The normalized spacial score (nSPS) is 12.2. The zero-order chi connectivity index (χ0) is 15.1. The number of nitrogens with one attached hydrogen (secondary N) is 1. The van der Waals surface area contributed by atoms with Crippen LogP contribution in [0.15, 0.2) is 59.6 Å². The summed E-state index contributed by atoms with van der Waals surface area (Å²) in [6.07, 6.45) is -0.0363. The van der Waals surface area contributed by atoms with Gasteiger partial charge in [0.25, 0.3) is 0 Å². The quantitative estimate of drug-likeness (QED) is 0.447. The van der Waals surface area contributed by atoms with E-state index in [0.29, 0.717) is 12.5 Å². The molecule has 0 aliphatic heterocycles. The van der Waals surface area contributed by atoms with Gasteiger partial charge in [0, 0.05) is 5.69 Å². The Morgan fingerprint density at radius 1 is 1.14 bits per heavy atom. The zero-order valence-electron chi connectivity index (χ0n) is 12.8. The van der Waals surface area contributed by atoms with Crippen molar-refractivity contribution in [2.45, 2.75) is 20.0 Å². The van der Waals surface area contributed by atoms with Crippen molar-refractivity contribution in [1.82, 2.24) is 0 Å². The van der Waals surface area contributed by atoms with Gasteiger partial charge in [0.1, 0.15) is 11.9 Å². The molecule has 0 aliphatic rings. The Hall–Kier alpha value is -1.76. The summed E-state index contributed by atoms with van der Waals surface area (Å²) in [5.74, 6) is 1.23. The number of rotatable bonds is 5. The number of ether oxygens (including phenoxy) is 1. The third kappa shape index (κ3) is 6.34. The smallest absolute Gasteiger partial charge is 0.193 e. The summed E-state index contributed by atoms with van der Waals surface area (Å²) >= 11 is 0. The van der Waals surface area contributed by atoms with Crippen molar-refractivity contribution in [2.75, 3.05) is 11.9 Å². The average molecular weight is 411 g/mol. The summed E-state index contributed by atoms with van der Waals surface area (Å²) in [6.45, 7) is 4.51. The monoisotopic (exact) mass is 411 g/mol. The first kappa shape index (κ1) is 18.3. The van der Waals surface area contributed by atoms with E-state index in [0.717, 1.165) is 11.4 Å². The molecule has 0 bridgehead atoms. The highest BCUT2D eigenvalue weighted by atomic mass is 127. The summed E-state index contributed by atoms with van der Waals surface area (Å²) in [7, 11) is 0. The average Bonchev–Trinajstić information content (AvgIpc) is 2.49. The van der Waals surface area contributed by atoms with Gasteiger partial charge in [-0.05, 0) is 38.1 Å². The van der Waals surface area contributed by atoms with Crippen molar-refractivity contribution in [2.24, 2.45) is 10.7 Å². The molecular formula is C17H22IN3O. The van der Waals surface area contributed by atoms with E-state index in [1.165, 1.54) is 5.56 Å². The molecule has 0 saturated carbocycles. The second-order valence-corrected chi connectivity index (χ2v) is 4.96. The molecule has 0 heterocycles. The van der Waals surface area contributed by atoms with Crippen molar-refractivity contribution in [3.63, 3.8) is 0 Å². The van der Waals surface area contributed by atoms with Crippen LogP contribution in [0.1, 0.15) is 12.5 Å². The van der Waals surface area contributed by atoms with Crippen LogP contribution in [0, 0.1) is 6.92 Å². The number of para-hydroxylation sites is 1. The number of hydrogen-bond acceptors (Lipinski definition) is 2. The van der Waals surface area contributed by atoms with Gasteiger partial charge in [-0.15, -0.1) is 24.0 Å². The van der Waals surface area contributed by atoms with Gasteiger partial charge in [-0.25, -0.2) is 4.99 Å². The molecule has 1 atom stereocenters. The van der Waals surface area contributed by atoms with Gasteiger partial charge < -0.3 is 15.8 Å². The van der Waals surface area contributed by atoms with Crippen LogP contribution < -0.4 is 15.8 Å². The largest absolute Gasteiger partial charge is 0.489 e. The molecule has 22 heavy (non-hydrogen) atoms. The maximum Gasteiger partial charge on any atom is 0.193 e. The Balaban J connectivity index is 0.00000242. The topological polar surface area (TPSA) is 59.6 Å². The second-order valence-electron chi connectivity index (χ2n) is 4.96. The molecular weight excluding hydrogens is 389 g/mol. The highest BCUT2D eigenvalue weighted by Gasteiger charge is 2.03. The number of aliphatic imine (C=N–C) groups is 1. The van der Waals surface area contributed by atoms with E-state index in [9.17, 15) is 0 Å². The van der Waals surface area contributed by atoms with Gasteiger partial charge in [-0.3, -0.25) is 0 Å². The van der Waals surface area contributed by atoms with Crippen LogP contribution in [0.4, 0.5) is 5.69 Å². The van der Waals surface area contributed by atoms with Gasteiger partial charge in [0.15, 0.2) is 5.96 Å². The van der Waals surface area contributed by atoms with Crippen molar-refractivity contribution in [1.29, 1.82) is 0 Å². The lowest BCUT2D eigenvalue weighted by Crippen LogP contribution is -2.25. The molecule has 4 nitrogen and oxygen atoms in total. The van der Waals surface area contributed by atoms with Crippen LogP contribution >= 0.6 is 24.0 Å². The minimum atomic E-state index is -0.0363. The molecule has 2 aromatic carbocycles. The molecule has 0 aliphatic carbocycles. The maximum atomic E-state index is 5.87. The predicted molar refractivity (Wildman–Crippen MR) is 103 cm³/mol. The number of guanidine groups is 1. The van der Waals surface area contributed by atoms with E-state index in [1.807, 2.05) is 68.4 Å². The molecule has 0 spiro atoms. The third-order valence-corrected chi connectivity index (χ3v) is 2.92. The third-order valence-electron chi connectivity index (χ3n) is 2.92. The van der Waals surface area contributed by atoms with Crippen LogP contribution in [-0.4, -0.2) is 18.6 Å². The summed E-state index contributed by atoms with van der Waals surface area (Å²) in [5.41, 5.74) is 8.01. The Labute approximate surface area is 148 Å². The predicted octanol–water partition coefficient (Wildman–Crippen LogP) is 3.81. The first-order valence-electron chi connectivity index (χ1n) is 6.99. The minimum Gasteiger partial charge on any atom is -0.489 e. The molecule has 1 unspecified atom stereocenters. The van der Waals surface area contributed by atoms with Gasteiger partial charge in [0.05, 0.1) is 6.54 Å². The fraction of sp³-hybridized carbons (Fsp3) is 0.235. The van der Waals surface area contributed by atoms with Crippen molar-refractivity contribution in [3.8, 4) is 5.75 Å². The molecule has 118 valence electrons. The number of benzene rings is 2. The molecule has 0 radical (unpaired) electrons. The SMILES string of the molecule is Cc1ccc(NC(N)=NCC(C)Oc2ccccc2)cc1.I. The lowest BCUT2D eigenvalue weighted by Gasteiger charge is -2.13. The molecule has 5 heteroatoms. The van der Waals surface area contributed by atoms with Crippen molar-refractivity contribution in [3.05, 3.63) is 60.2 Å². The van der Waals surface area contributed by atoms with Crippen LogP contribution in [-0.2, 0) is 0 Å². The molecule has 3 N–H and O–H groups in total. The van der Waals surface area contributed by atoms with Crippen LogP contribution in [0.3, 0.4) is 0 Å². The minimum absolute atomic E-state index is 0. The second kappa shape index (κ2) is 9.30. The lowest BCUT2D eigenvalue weighted by atomic mass is 10.2. The summed E-state index contributed by atoms with van der Waals surface area (Å²) in [5, 5.41) is 3.06. The molecule has 0 amide bonds. The maximum absolute atomic E-state index is 5.87. The van der Waals surface area contributed by atoms with E-state index in [-0.39, 0.29) is 30.1 Å². The highest BCUT2D eigenvalue weighted by molar-refractivity contribution is 14.0. The Morgan fingerprint density at radius 3 is 2.41 bits per heavy atom. The number of nitrogens with two attached hydrogens (primary N) is 1. The summed E-state index contributed by atoms with van der Waals surface area (Å²) in [4.78, 5) is 4.30. The van der Waals surface area contributed by atoms with Gasteiger partial charge >= 0.3 is 0 Å². The Bertz CT molecular complexity index is 585. The number of anilines is 1. The van der Waals surface area contributed by atoms with E-state index in [1.54, 1.807) is 0 Å².